The van der Waals surface area contributed by atoms with E-state index in [0.717, 1.165) is 24.1 Å². The normalized spacial score (nSPS) is 11.0. The van der Waals surface area contributed by atoms with Gasteiger partial charge in [-0.15, -0.1) is 35.3 Å². The number of thiazole rings is 1. The summed E-state index contributed by atoms with van der Waals surface area (Å²) in [6.45, 7) is 8.59. The predicted molar refractivity (Wildman–Crippen MR) is 110 cm³/mol. The summed E-state index contributed by atoms with van der Waals surface area (Å²) in [7, 11) is 2.07. The Kier molecular flexibility index (Phi) is 8.54. The van der Waals surface area contributed by atoms with Crippen molar-refractivity contribution < 1.29 is 0 Å². The number of halogens is 1. The van der Waals surface area contributed by atoms with E-state index in [1.165, 1.54) is 16.0 Å². The number of nitrogens with zero attached hydrogens (tertiary/aromatic N) is 3. The Bertz CT molecular complexity index is 622. The molecule has 0 saturated heterocycles. The van der Waals surface area contributed by atoms with Crippen LogP contribution in [0.15, 0.2) is 35.5 Å². The van der Waals surface area contributed by atoms with Crippen molar-refractivity contribution in [3.63, 3.8) is 0 Å². The van der Waals surface area contributed by atoms with Gasteiger partial charge in [0.2, 0.25) is 0 Å². The fourth-order valence-electron chi connectivity index (χ4n) is 2.14. The van der Waals surface area contributed by atoms with Crippen LogP contribution >= 0.6 is 35.3 Å². The molecule has 6 heteroatoms. The van der Waals surface area contributed by atoms with Crippen LogP contribution in [0, 0.1) is 13.8 Å². The number of aryl methyl sites for hydroxylation is 2. The highest BCUT2D eigenvalue weighted by Gasteiger charge is 2.07. The maximum absolute atomic E-state index is 4.71. The molecule has 2 aromatic rings. The van der Waals surface area contributed by atoms with Crippen LogP contribution in [0.3, 0.4) is 0 Å². The number of hydrogen-bond acceptors (Lipinski definition) is 3. The average molecular weight is 444 g/mol. The molecule has 1 heterocycles. The summed E-state index contributed by atoms with van der Waals surface area (Å²) >= 11 is 1.70. The molecule has 0 fully saturated rings. The number of nitrogens with one attached hydrogen (secondary N) is 1. The Balaban J connectivity index is 0.00000264. The van der Waals surface area contributed by atoms with Gasteiger partial charge in [0.05, 0.1) is 11.6 Å². The van der Waals surface area contributed by atoms with Crippen LogP contribution in [-0.2, 0) is 13.1 Å². The van der Waals surface area contributed by atoms with Crippen molar-refractivity contribution in [2.75, 3.05) is 13.6 Å². The van der Waals surface area contributed by atoms with Crippen molar-refractivity contribution in [1.82, 2.24) is 15.2 Å². The fraction of sp³-hybridized carbons (Fsp3) is 0.412. The molecule has 0 spiro atoms. The first kappa shape index (κ1) is 19.9. The molecule has 1 aromatic carbocycles. The predicted octanol–water partition coefficient (Wildman–Crippen LogP) is 3.98. The maximum Gasteiger partial charge on any atom is 0.194 e. The third kappa shape index (κ3) is 6.47. The maximum atomic E-state index is 4.71. The van der Waals surface area contributed by atoms with Crippen LogP contribution in [0.25, 0.3) is 0 Å². The van der Waals surface area contributed by atoms with E-state index >= 15 is 0 Å². The first-order valence-electron chi connectivity index (χ1n) is 7.54. The first-order chi connectivity index (χ1) is 10.6. The summed E-state index contributed by atoms with van der Waals surface area (Å²) in [5.41, 5.74) is 2.57. The summed E-state index contributed by atoms with van der Waals surface area (Å²) in [6.07, 6.45) is 1.91. The molecule has 0 saturated carbocycles. The second-order valence-electron chi connectivity index (χ2n) is 5.36. The Morgan fingerprint density at radius 1 is 1.26 bits per heavy atom. The number of aromatic nitrogens is 1. The zero-order valence-electron chi connectivity index (χ0n) is 14.2. The lowest BCUT2D eigenvalue weighted by Crippen LogP contribution is -2.38. The van der Waals surface area contributed by atoms with Crippen molar-refractivity contribution >= 4 is 41.3 Å². The Morgan fingerprint density at radius 3 is 2.52 bits per heavy atom. The molecular formula is C17H25IN4S. The molecule has 0 amide bonds. The molecule has 2 rings (SSSR count). The van der Waals surface area contributed by atoms with E-state index in [-0.39, 0.29) is 24.0 Å². The summed E-state index contributed by atoms with van der Waals surface area (Å²) in [6, 6.07) is 8.63. The number of guanidine groups is 1. The molecule has 4 nitrogen and oxygen atoms in total. The lowest BCUT2D eigenvalue weighted by Gasteiger charge is -2.22. The summed E-state index contributed by atoms with van der Waals surface area (Å²) < 4.78 is 0. The highest BCUT2D eigenvalue weighted by atomic mass is 127. The van der Waals surface area contributed by atoms with Gasteiger partial charge in [0.15, 0.2) is 5.96 Å². The molecule has 0 aliphatic carbocycles. The lowest BCUT2D eigenvalue weighted by molar-refractivity contribution is 0.477. The Hall–Kier alpha value is -1.15. The van der Waals surface area contributed by atoms with Gasteiger partial charge in [-0.1, -0.05) is 29.8 Å². The van der Waals surface area contributed by atoms with Crippen molar-refractivity contribution in [3.8, 4) is 0 Å². The van der Waals surface area contributed by atoms with Crippen molar-refractivity contribution in [1.29, 1.82) is 0 Å². The monoisotopic (exact) mass is 444 g/mol. The van der Waals surface area contributed by atoms with E-state index < -0.39 is 0 Å². The van der Waals surface area contributed by atoms with Gasteiger partial charge in [0.25, 0.3) is 0 Å². The molecule has 0 unspecified atom stereocenters. The van der Waals surface area contributed by atoms with Crippen LogP contribution < -0.4 is 5.32 Å². The van der Waals surface area contributed by atoms with Crippen molar-refractivity contribution in [2.24, 2.45) is 4.99 Å². The number of rotatable bonds is 5. The van der Waals surface area contributed by atoms with Crippen LogP contribution in [0.1, 0.15) is 27.9 Å². The van der Waals surface area contributed by atoms with Gasteiger partial charge < -0.3 is 10.2 Å². The van der Waals surface area contributed by atoms with Crippen LogP contribution in [-0.4, -0.2) is 29.4 Å². The first-order valence-corrected chi connectivity index (χ1v) is 8.36. The summed E-state index contributed by atoms with van der Waals surface area (Å²) in [5, 5.41) is 4.44. The zero-order valence-corrected chi connectivity index (χ0v) is 17.3. The Morgan fingerprint density at radius 2 is 1.96 bits per heavy atom. The third-order valence-electron chi connectivity index (χ3n) is 3.29. The molecule has 0 bridgehead atoms. The topological polar surface area (TPSA) is 40.5 Å². The van der Waals surface area contributed by atoms with Gasteiger partial charge >= 0.3 is 0 Å². The average Bonchev–Trinajstić information content (AvgIpc) is 2.91. The largest absolute Gasteiger partial charge is 0.357 e. The zero-order chi connectivity index (χ0) is 15.9. The SMILES string of the molecule is CCNC(=NCc1cnc(C)s1)N(C)Cc1ccc(C)cc1.I. The smallest absolute Gasteiger partial charge is 0.194 e. The van der Waals surface area contributed by atoms with Crippen LogP contribution in [0.5, 0.6) is 0 Å². The third-order valence-corrected chi connectivity index (χ3v) is 4.19. The number of aliphatic imine (C=N–C) groups is 1. The minimum Gasteiger partial charge on any atom is -0.357 e. The second kappa shape index (κ2) is 9.87. The molecule has 0 aliphatic heterocycles. The van der Waals surface area contributed by atoms with E-state index in [0.29, 0.717) is 6.54 Å². The van der Waals surface area contributed by atoms with E-state index in [1.807, 2.05) is 13.1 Å². The summed E-state index contributed by atoms with van der Waals surface area (Å²) in [5.74, 6) is 0.925. The van der Waals surface area contributed by atoms with Gasteiger partial charge in [0, 0.05) is 31.2 Å². The molecule has 0 aliphatic rings. The van der Waals surface area contributed by atoms with E-state index in [1.54, 1.807) is 11.3 Å². The second-order valence-corrected chi connectivity index (χ2v) is 6.68. The van der Waals surface area contributed by atoms with Gasteiger partial charge in [-0.25, -0.2) is 9.98 Å². The highest BCUT2D eigenvalue weighted by Crippen LogP contribution is 2.13. The summed E-state index contributed by atoms with van der Waals surface area (Å²) in [4.78, 5) is 12.3. The highest BCUT2D eigenvalue weighted by molar-refractivity contribution is 14.0. The lowest BCUT2D eigenvalue weighted by atomic mass is 10.1. The van der Waals surface area contributed by atoms with E-state index in [9.17, 15) is 0 Å². The number of hydrogen-bond donors (Lipinski definition) is 1. The van der Waals surface area contributed by atoms with E-state index in [4.69, 9.17) is 4.99 Å². The molecule has 1 aromatic heterocycles. The van der Waals surface area contributed by atoms with Crippen LogP contribution in [0.2, 0.25) is 0 Å². The Labute approximate surface area is 160 Å². The minimum atomic E-state index is 0. The van der Waals surface area contributed by atoms with Crippen LogP contribution in [0.4, 0.5) is 0 Å². The molecule has 126 valence electrons. The number of benzene rings is 1. The molecule has 0 atom stereocenters. The minimum absolute atomic E-state index is 0. The molecule has 23 heavy (non-hydrogen) atoms. The van der Waals surface area contributed by atoms with Gasteiger partial charge in [-0.05, 0) is 26.3 Å². The molecule has 0 radical (unpaired) electrons. The molecule has 1 N–H and O–H groups in total. The van der Waals surface area contributed by atoms with Gasteiger partial charge in [-0.3, -0.25) is 0 Å². The standard InChI is InChI=1S/C17H24N4S.HI/c1-5-18-17(20-11-16-10-19-14(3)22-16)21(4)12-15-8-6-13(2)7-9-15;/h6-10H,5,11-12H2,1-4H3,(H,18,20);1H. The van der Waals surface area contributed by atoms with Crippen molar-refractivity contribution in [2.45, 2.75) is 33.9 Å². The van der Waals surface area contributed by atoms with Gasteiger partial charge in [-0.2, -0.15) is 0 Å². The van der Waals surface area contributed by atoms with Crippen molar-refractivity contribution in [3.05, 3.63) is 51.5 Å². The molecular weight excluding hydrogens is 419 g/mol. The van der Waals surface area contributed by atoms with E-state index in [2.05, 4.69) is 60.4 Å². The van der Waals surface area contributed by atoms with Gasteiger partial charge in [0.1, 0.15) is 0 Å². The fourth-order valence-corrected chi connectivity index (χ4v) is 2.86. The quantitative estimate of drug-likeness (QED) is 0.431.